The summed E-state index contributed by atoms with van der Waals surface area (Å²) in [6, 6.07) is -0.111. The summed E-state index contributed by atoms with van der Waals surface area (Å²) in [6.07, 6.45) is 1.38. The van der Waals surface area contributed by atoms with Crippen molar-refractivity contribution in [1.29, 1.82) is 0 Å². The monoisotopic (exact) mass is 383 g/mol. The highest BCUT2D eigenvalue weighted by atomic mass is 16.6. The molecule has 4 atom stereocenters. The number of ether oxygens (including phenoxy) is 3. The molecule has 0 spiro atoms. The summed E-state index contributed by atoms with van der Waals surface area (Å²) in [5, 5.41) is 10.9. The van der Waals surface area contributed by atoms with Gasteiger partial charge in [0, 0.05) is 26.9 Å². The van der Waals surface area contributed by atoms with Crippen molar-refractivity contribution in [2.75, 3.05) is 19.7 Å². The van der Waals surface area contributed by atoms with E-state index in [1.807, 2.05) is 6.08 Å². The highest BCUT2D eigenvalue weighted by molar-refractivity contribution is 5.81. The van der Waals surface area contributed by atoms with Gasteiger partial charge >= 0.3 is 17.9 Å². The molecule has 0 saturated carbocycles. The third-order valence-corrected chi connectivity index (χ3v) is 5.27. The molecule has 1 N–H and O–H groups in total. The van der Waals surface area contributed by atoms with Gasteiger partial charge in [0.1, 0.15) is 18.8 Å². The van der Waals surface area contributed by atoms with Crippen LogP contribution in [0, 0.1) is 5.92 Å². The summed E-state index contributed by atoms with van der Waals surface area (Å²) < 4.78 is 15.8. The Bertz CT molecular complexity index is 630. The Morgan fingerprint density at radius 2 is 1.93 bits per heavy atom. The largest absolute Gasteiger partial charge is 0.460 e. The van der Waals surface area contributed by atoms with Crippen molar-refractivity contribution in [1.82, 2.24) is 4.90 Å². The highest BCUT2D eigenvalue weighted by Crippen LogP contribution is 2.32. The first-order valence-electron chi connectivity index (χ1n) is 9.24. The van der Waals surface area contributed by atoms with Gasteiger partial charge in [-0.25, -0.2) is 4.79 Å². The molecule has 152 valence electrons. The first-order valence-corrected chi connectivity index (χ1v) is 9.24. The average molecular weight is 383 g/mol. The molecule has 0 aromatic rings. The zero-order chi connectivity index (χ0) is 20.4. The zero-order valence-electron chi connectivity index (χ0n) is 16.6. The Hall–Kier alpha value is -1.93. The zero-order valence-corrected chi connectivity index (χ0v) is 16.6. The molecule has 2 aliphatic heterocycles. The summed E-state index contributed by atoms with van der Waals surface area (Å²) in [6.45, 7) is 8.86. The maximum absolute atomic E-state index is 12.6. The van der Waals surface area contributed by atoms with Crippen molar-refractivity contribution in [2.45, 2.75) is 64.9 Å². The third-order valence-electron chi connectivity index (χ3n) is 5.27. The maximum Gasteiger partial charge on any atom is 0.342 e. The van der Waals surface area contributed by atoms with Crippen LogP contribution in [0.3, 0.4) is 0 Å². The normalized spacial score (nSPS) is 25.4. The second-order valence-corrected chi connectivity index (χ2v) is 7.46. The topological polar surface area (TPSA) is 102 Å². The van der Waals surface area contributed by atoms with Gasteiger partial charge in [-0.15, -0.1) is 0 Å². The molecule has 2 aliphatic rings. The molecule has 8 nitrogen and oxygen atoms in total. The molecule has 2 rings (SSSR count). The Balaban J connectivity index is 2.04. The van der Waals surface area contributed by atoms with E-state index < -0.39 is 29.6 Å². The molecule has 1 saturated heterocycles. The molecular formula is C19H29NO7. The van der Waals surface area contributed by atoms with E-state index in [9.17, 15) is 19.5 Å². The van der Waals surface area contributed by atoms with E-state index in [1.54, 1.807) is 13.8 Å². The van der Waals surface area contributed by atoms with Crippen LogP contribution in [0.2, 0.25) is 0 Å². The summed E-state index contributed by atoms with van der Waals surface area (Å²) in [5.74, 6) is -2.28. The van der Waals surface area contributed by atoms with E-state index >= 15 is 0 Å². The maximum atomic E-state index is 12.6. The first-order chi connectivity index (χ1) is 12.6. The van der Waals surface area contributed by atoms with Gasteiger partial charge in [0.05, 0.1) is 6.04 Å². The van der Waals surface area contributed by atoms with Crippen LogP contribution >= 0.6 is 0 Å². The fraction of sp³-hybridized carbons (Fsp3) is 0.737. The van der Waals surface area contributed by atoms with Gasteiger partial charge in [-0.3, -0.25) is 14.5 Å². The van der Waals surface area contributed by atoms with Crippen LogP contribution < -0.4 is 0 Å². The lowest BCUT2D eigenvalue weighted by Crippen LogP contribution is -2.55. The minimum atomic E-state index is -1.95. The molecule has 8 heteroatoms. The lowest BCUT2D eigenvalue weighted by Gasteiger charge is -2.34. The predicted molar refractivity (Wildman–Crippen MR) is 95.6 cm³/mol. The van der Waals surface area contributed by atoms with Gasteiger partial charge in [0.25, 0.3) is 0 Å². The molecule has 1 fully saturated rings. The summed E-state index contributed by atoms with van der Waals surface area (Å²) in [5.41, 5.74) is -1.10. The van der Waals surface area contributed by atoms with Crippen LogP contribution in [-0.2, 0) is 28.6 Å². The van der Waals surface area contributed by atoms with Crippen LogP contribution in [0.15, 0.2) is 11.6 Å². The van der Waals surface area contributed by atoms with E-state index in [-0.39, 0.29) is 24.7 Å². The number of fused-ring (bicyclic) bond motifs is 1. The minimum Gasteiger partial charge on any atom is -0.460 e. The lowest BCUT2D eigenvalue weighted by atomic mass is 9.85. The van der Waals surface area contributed by atoms with Crippen LogP contribution in [-0.4, -0.2) is 71.5 Å². The lowest BCUT2D eigenvalue weighted by molar-refractivity contribution is -0.192. The number of carbonyl (C=O) groups is 3. The number of hydrogen-bond acceptors (Lipinski definition) is 8. The standard InChI is InChI=1S/C19H29NO7/c1-11(2)19(24,12(3)26-13(4)21)18(23)25-10-15-6-8-20-9-7-16(17(15)20)27-14(5)22/h6,11-12,16-17,24H,7-10H2,1-5H3/t12-,16+,17?,19?/m0/s1. The number of carbonyl (C=O) groups excluding carboxylic acids is 3. The smallest absolute Gasteiger partial charge is 0.342 e. The van der Waals surface area contributed by atoms with Crippen molar-refractivity contribution >= 4 is 17.9 Å². The Morgan fingerprint density at radius 3 is 2.48 bits per heavy atom. The van der Waals surface area contributed by atoms with E-state index in [0.29, 0.717) is 6.54 Å². The average Bonchev–Trinajstić information content (AvgIpc) is 3.13. The van der Waals surface area contributed by atoms with Gasteiger partial charge in [-0.05, 0) is 24.8 Å². The van der Waals surface area contributed by atoms with Gasteiger partial charge in [-0.1, -0.05) is 19.9 Å². The van der Waals surface area contributed by atoms with E-state index in [1.165, 1.54) is 20.8 Å². The van der Waals surface area contributed by atoms with Crippen molar-refractivity contribution in [3.8, 4) is 0 Å². The van der Waals surface area contributed by atoms with Gasteiger partial charge in [0.15, 0.2) is 0 Å². The molecule has 0 amide bonds. The molecule has 0 aromatic carbocycles. The molecular weight excluding hydrogens is 354 g/mol. The second kappa shape index (κ2) is 8.39. The molecule has 0 radical (unpaired) electrons. The fourth-order valence-corrected chi connectivity index (χ4v) is 3.81. The van der Waals surface area contributed by atoms with Crippen LogP contribution in [0.25, 0.3) is 0 Å². The van der Waals surface area contributed by atoms with Gasteiger partial charge < -0.3 is 19.3 Å². The Morgan fingerprint density at radius 1 is 1.26 bits per heavy atom. The van der Waals surface area contributed by atoms with E-state index in [0.717, 1.165) is 18.5 Å². The Kier molecular flexibility index (Phi) is 6.64. The summed E-state index contributed by atoms with van der Waals surface area (Å²) in [7, 11) is 0. The number of aliphatic hydroxyl groups is 1. The first kappa shape index (κ1) is 21.4. The third kappa shape index (κ3) is 4.50. The number of esters is 3. The van der Waals surface area contributed by atoms with Crippen molar-refractivity contribution in [3.63, 3.8) is 0 Å². The second-order valence-electron chi connectivity index (χ2n) is 7.46. The summed E-state index contributed by atoms with van der Waals surface area (Å²) in [4.78, 5) is 37.3. The number of hydrogen-bond donors (Lipinski definition) is 1. The highest BCUT2D eigenvalue weighted by Gasteiger charge is 2.49. The summed E-state index contributed by atoms with van der Waals surface area (Å²) >= 11 is 0. The molecule has 2 heterocycles. The quantitative estimate of drug-likeness (QED) is 0.392. The van der Waals surface area contributed by atoms with E-state index in [2.05, 4.69) is 4.90 Å². The van der Waals surface area contributed by atoms with Crippen LogP contribution in [0.4, 0.5) is 0 Å². The molecule has 2 unspecified atom stereocenters. The molecule has 27 heavy (non-hydrogen) atoms. The van der Waals surface area contributed by atoms with Gasteiger partial charge in [0.2, 0.25) is 5.60 Å². The van der Waals surface area contributed by atoms with Gasteiger partial charge in [-0.2, -0.15) is 0 Å². The molecule has 0 bridgehead atoms. The van der Waals surface area contributed by atoms with E-state index in [4.69, 9.17) is 14.2 Å². The number of rotatable bonds is 7. The van der Waals surface area contributed by atoms with Crippen LogP contribution in [0.1, 0.15) is 41.0 Å². The van der Waals surface area contributed by atoms with Crippen molar-refractivity contribution in [3.05, 3.63) is 11.6 Å². The fourth-order valence-electron chi connectivity index (χ4n) is 3.81. The predicted octanol–water partition coefficient (Wildman–Crippen LogP) is 0.814. The van der Waals surface area contributed by atoms with Crippen LogP contribution in [0.5, 0.6) is 0 Å². The molecule has 0 aliphatic carbocycles. The number of nitrogens with zero attached hydrogens (tertiary/aromatic N) is 1. The molecule has 0 aromatic heterocycles. The van der Waals surface area contributed by atoms with Crippen molar-refractivity contribution < 1.29 is 33.7 Å². The van der Waals surface area contributed by atoms with Crippen molar-refractivity contribution in [2.24, 2.45) is 5.92 Å². The Labute approximate surface area is 159 Å². The minimum absolute atomic E-state index is 0.0143. The SMILES string of the molecule is CC(=O)O[C@@H](C)C(O)(C(=O)OCC1=CCN2CC[C@@H](OC(C)=O)C12)C(C)C.